The standard InChI is InChI=1S/2C8H11N/c2*1-6-3-4-7(2)8(9)5-6/h2*3-5H,9H2,1-2H3. The Labute approximate surface area is 110 Å². The summed E-state index contributed by atoms with van der Waals surface area (Å²) in [5.74, 6) is 0. The van der Waals surface area contributed by atoms with Gasteiger partial charge in [-0.3, -0.25) is 0 Å². The van der Waals surface area contributed by atoms with E-state index in [1.165, 1.54) is 11.1 Å². The van der Waals surface area contributed by atoms with E-state index in [1.807, 2.05) is 52.0 Å². The first kappa shape index (κ1) is 14.1. The van der Waals surface area contributed by atoms with Crippen molar-refractivity contribution in [3.8, 4) is 0 Å². The molecule has 0 saturated heterocycles. The Morgan fingerprint density at radius 2 is 0.944 bits per heavy atom. The summed E-state index contributed by atoms with van der Waals surface area (Å²) in [6.45, 7) is 8.09. The van der Waals surface area contributed by atoms with Crippen molar-refractivity contribution in [3.63, 3.8) is 0 Å². The highest BCUT2D eigenvalue weighted by Gasteiger charge is 1.90. The van der Waals surface area contributed by atoms with Crippen molar-refractivity contribution in [2.45, 2.75) is 27.7 Å². The number of hydrogen-bond acceptors (Lipinski definition) is 2. The Hall–Kier alpha value is -1.96. The van der Waals surface area contributed by atoms with Crippen LogP contribution in [0, 0.1) is 27.7 Å². The number of benzene rings is 2. The summed E-state index contributed by atoms with van der Waals surface area (Å²) in [6, 6.07) is 12.2. The molecular formula is C16H22N2. The lowest BCUT2D eigenvalue weighted by atomic mass is 10.1. The van der Waals surface area contributed by atoms with E-state index in [4.69, 9.17) is 11.5 Å². The van der Waals surface area contributed by atoms with Crippen molar-refractivity contribution in [1.29, 1.82) is 0 Å². The van der Waals surface area contributed by atoms with Crippen molar-refractivity contribution in [3.05, 3.63) is 58.7 Å². The zero-order valence-electron chi connectivity index (χ0n) is 11.6. The highest BCUT2D eigenvalue weighted by atomic mass is 14.6. The van der Waals surface area contributed by atoms with E-state index >= 15 is 0 Å². The van der Waals surface area contributed by atoms with Gasteiger partial charge < -0.3 is 11.5 Å². The van der Waals surface area contributed by atoms with E-state index < -0.39 is 0 Å². The number of aryl methyl sites for hydroxylation is 4. The number of anilines is 2. The molecule has 0 aliphatic carbocycles. The SMILES string of the molecule is Cc1ccc(C)c(N)c1.Cc1ccc(C)c(N)c1. The lowest BCUT2D eigenvalue weighted by Crippen LogP contribution is -1.88. The van der Waals surface area contributed by atoms with E-state index in [2.05, 4.69) is 12.1 Å². The molecule has 2 nitrogen and oxygen atoms in total. The average Bonchev–Trinajstić information content (AvgIpc) is 2.30. The Balaban J connectivity index is 0.000000180. The van der Waals surface area contributed by atoms with Gasteiger partial charge in [0.2, 0.25) is 0 Å². The van der Waals surface area contributed by atoms with E-state index in [0.717, 1.165) is 22.5 Å². The summed E-state index contributed by atoms with van der Waals surface area (Å²) in [7, 11) is 0. The number of hydrogen-bond donors (Lipinski definition) is 2. The van der Waals surface area contributed by atoms with Gasteiger partial charge in [-0.05, 0) is 62.1 Å². The van der Waals surface area contributed by atoms with Gasteiger partial charge in [-0.1, -0.05) is 24.3 Å². The van der Waals surface area contributed by atoms with Crippen LogP contribution < -0.4 is 11.5 Å². The van der Waals surface area contributed by atoms with Crippen molar-refractivity contribution in [2.24, 2.45) is 0 Å². The molecule has 0 radical (unpaired) electrons. The summed E-state index contributed by atoms with van der Waals surface area (Å²) in [4.78, 5) is 0. The maximum Gasteiger partial charge on any atom is 0.0346 e. The fourth-order valence-corrected chi connectivity index (χ4v) is 1.52. The molecular weight excluding hydrogens is 220 g/mol. The lowest BCUT2D eigenvalue weighted by Gasteiger charge is -1.98. The molecule has 2 aromatic carbocycles. The van der Waals surface area contributed by atoms with Crippen LogP contribution in [0.5, 0.6) is 0 Å². The van der Waals surface area contributed by atoms with Gasteiger partial charge in [-0.25, -0.2) is 0 Å². The second kappa shape index (κ2) is 6.10. The van der Waals surface area contributed by atoms with Crippen molar-refractivity contribution < 1.29 is 0 Å². The van der Waals surface area contributed by atoms with Gasteiger partial charge in [-0.15, -0.1) is 0 Å². The van der Waals surface area contributed by atoms with Gasteiger partial charge in [0.15, 0.2) is 0 Å². The maximum atomic E-state index is 5.62. The Kier molecular flexibility index (Phi) is 4.78. The number of nitrogens with two attached hydrogens (primary N) is 2. The summed E-state index contributed by atoms with van der Waals surface area (Å²) in [6.07, 6.45) is 0. The topological polar surface area (TPSA) is 52.0 Å². The van der Waals surface area contributed by atoms with Crippen LogP contribution in [0.15, 0.2) is 36.4 Å². The lowest BCUT2D eigenvalue weighted by molar-refractivity contribution is 1.40. The molecule has 0 spiro atoms. The number of rotatable bonds is 0. The average molecular weight is 242 g/mol. The molecule has 4 N–H and O–H groups in total. The second-order valence-corrected chi connectivity index (χ2v) is 4.72. The van der Waals surface area contributed by atoms with Gasteiger partial charge in [0.25, 0.3) is 0 Å². The molecule has 0 unspecified atom stereocenters. The van der Waals surface area contributed by atoms with Crippen LogP contribution in [-0.2, 0) is 0 Å². The molecule has 0 heterocycles. The molecule has 0 aliphatic rings. The quantitative estimate of drug-likeness (QED) is 0.691. The Morgan fingerprint density at radius 3 is 1.17 bits per heavy atom. The van der Waals surface area contributed by atoms with Gasteiger partial charge in [-0.2, -0.15) is 0 Å². The molecule has 0 aromatic heterocycles. The zero-order valence-corrected chi connectivity index (χ0v) is 11.6. The van der Waals surface area contributed by atoms with E-state index in [0.29, 0.717) is 0 Å². The van der Waals surface area contributed by atoms with Crippen molar-refractivity contribution in [1.82, 2.24) is 0 Å². The first-order valence-corrected chi connectivity index (χ1v) is 6.05. The minimum Gasteiger partial charge on any atom is -0.399 e. The highest BCUT2D eigenvalue weighted by molar-refractivity contribution is 5.48. The minimum atomic E-state index is 0.884. The van der Waals surface area contributed by atoms with Crippen LogP contribution in [0.25, 0.3) is 0 Å². The Morgan fingerprint density at radius 1 is 0.611 bits per heavy atom. The molecule has 18 heavy (non-hydrogen) atoms. The molecule has 2 heteroatoms. The zero-order chi connectivity index (χ0) is 13.7. The molecule has 0 aliphatic heterocycles. The van der Waals surface area contributed by atoms with Gasteiger partial charge in [0.1, 0.15) is 0 Å². The first-order chi connectivity index (χ1) is 8.40. The van der Waals surface area contributed by atoms with E-state index in [-0.39, 0.29) is 0 Å². The predicted molar refractivity (Wildman–Crippen MR) is 80.7 cm³/mol. The summed E-state index contributed by atoms with van der Waals surface area (Å²) < 4.78 is 0. The van der Waals surface area contributed by atoms with Crippen LogP contribution in [0.2, 0.25) is 0 Å². The van der Waals surface area contributed by atoms with Crippen LogP contribution in [-0.4, -0.2) is 0 Å². The third-order valence-electron chi connectivity index (χ3n) is 2.87. The monoisotopic (exact) mass is 242 g/mol. The summed E-state index contributed by atoms with van der Waals surface area (Å²) >= 11 is 0. The smallest absolute Gasteiger partial charge is 0.0346 e. The van der Waals surface area contributed by atoms with Crippen LogP contribution in [0.1, 0.15) is 22.3 Å². The fraction of sp³-hybridized carbons (Fsp3) is 0.250. The first-order valence-electron chi connectivity index (χ1n) is 6.05. The van der Waals surface area contributed by atoms with Gasteiger partial charge in [0, 0.05) is 11.4 Å². The molecule has 0 atom stereocenters. The van der Waals surface area contributed by atoms with E-state index in [1.54, 1.807) is 0 Å². The predicted octanol–water partition coefficient (Wildman–Crippen LogP) is 3.77. The molecule has 2 aromatic rings. The molecule has 0 bridgehead atoms. The molecule has 96 valence electrons. The minimum absolute atomic E-state index is 0.884. The number of nitrogen functional groups attached to an aromatic ring is 2. The third-order valence-corrected chi connectivity index (χ3v) is 2.87. The Bertz CT molecular complexity index is 481. The van der Waals surface area contributed by atoms with Crippen molar-refractivity contribution in [2.75, 3.05) is 11.5 Å². The third kappa shape index (κ3) is 4.13. The molecule has 2 rings (SSSR count). The molecule has 0 saturated carbocycles. The van der Waals surface area contributed by atoms with Crippen LogP contribution in [0.3, 0.4) is 0 Å². The highest BCUT2D eigenvalue weighted by Crippen LogP contribution is 2.11. The van der Waals surface area contributed by atoms with Crippen LogP contribution >= 0.6 is 0 Å². The van der Waals surface area contributed by atoms with Crippen molar-refractivity contribution >= 4 is 11.4 Å². The van der Waals surface area contributed by atoms with E-state index in [9.17, 15) is 0 Å². The normalized spacial score (nSPS) is 9.56. The van der Waals surface area contributed by atoms with Gasteiger partial charge in [0.05, 0.1) is 0 Å². The molecule has 0 amide bonds. The summed E-state index contributed by atoms with van der Waals surface area (Å²) in [5, 5.41) is 0. The second-order valence-electron chi connectivity index (χ2n) is 4.72. The summed E-state index contributed by atoms with van der Waals surface area (Å²) in [5.41, 5.74) is 17.8. The molecule has 0 fully saturated rings. The van der Waals surface area contributed by atoms with Crippen LogP contribution in [0.4, 0.5) is 11.4 Å². The maximum absolute atomic E-state index is 5.62. The fourth-order valence-electron chi connectivity index (χ4n) is 1.52. The van der Waals surface area contributed by atoms with Gasteiger partial charge >= 0.3 is 0 Å². The largest absolute Gasteiger partial charge is 0.399 e.